The minimum absolute atomic E-state index is 0.164. The molecule has 1 saturated carbocycles. The maximum Gasteiger partial charge on any atom is 0.223 e. The van der Waals surface area contributed by atoms with Gasteiger partial charge in [0, 0.05) is 23.0 Å². The smallest absolute Gasteiger partial charge is 0.223 e. The van der Waals surface area contributed by atoms with Crippen molar-refractivity contribution in [2.75, 3.05) is 0 Å². The molecule has 1 aliphatic rings. The van der Waals surface area contributed by atoms with Crippen LogP contribution in [0.5, 0.6) is 0 Å². The standard InChI is InChI=1S/C18H28ClNO2Si/c1-17(2,3)23-22-18(4,5)14-10-12(6-9-15(14)19)11-20-16(21)13-7-8-13/h6,9-10,13H,7-8,11,23H2,1-5H3,(H,20,21). The summed E-state index contributed by atoms with van der Waals surface area (Å²) in [5.74, 6) is 0.400. The van der Waals surface area contributed by atoms with Crippen molar-refractivity contribution in [3.05, 3.63) is 34.3 Å². The molecule has 0 radical (unpaired) electrons. The van der Waals surface area contributed by atoms with E-state index in [1.165, 1.54) is 0 Å². The van der Waals surface area contributed by atoms with Gasteiger partial charge in [-0.3, -0.25) is 4.79 Å². The van der Waals surface area contributed by atoms with Crippen LogP contribution in [0.3, 0.4) is 0 Å². The lowest BCUT2D eigenvalue weighted by Gasteiger charge is -2.31. The number of rotatable bonds is 6. The van der Waals surface area contributed by atoms with E-state index in [0.717, 1.165) is 29.0 Å². The van der Waals surface area contributed by atoms with E-state index in [-0.39, 0.29) is 16.9 Å². The van der Waals surface area contributed by atoms with Crippen molar-refractivity contribution in [2.24, 2.45) is 5.92 Å². The van der Waals surface area contributed by atoms with E-state index in [4.69, 9.17) is 16.0 Å². The van der Waals surface area contributed by atoms with Gasteiger partial charge in [-0.25, -0.2) is 0 Å². The summed E-state index contributed by atoms with van der Waals surface area (Å²) in [5, 5.41) is 3.95. The summed E-state index contributed by atoms with van der Waals surface area (Å²) in [6.45, 7) is 11.3. The number of hydrogen-bond donors (Lipinski definition) is 1. The third kappa shape index (κ3) is 5.62. The minimum Gasteiger partial charge on any atom is -0.414 e. The summed E-state index contributed by atoms with van der Waals surface area (Å²) < 4.78 is 6.26. The number of nitrogens with one attached hydrogen (secondary N) is 1. The zero-order valence-electron chi connectivity index (χ0n) is 14.8. The van der Waals surface area contributed by atoms with E-state index in [9.17, 15) is 4.79 Å². The van der Waals surface area contributed by atoms with Crippen LogP contribution >= 0.6 is 11.6 Å². The van der Waals surface area contributed by atoms with Crippen molar-refractivity contribution in [3.63, 3.8) is 0 Å². The maximum absolute atomic E-state index is 11.8. The van der Waals surface area contributed by atoms with Gasteiger partial charge in [0.1, 0.15) is 0 Å². The van der Waals surface area contributed by atoms with Gasteiger partial charge in [0.25, 0.3) is 0 Å². The monoisotopic (exact) mass is 353 g/mol. The second-order valence-corrected chi connectivity index (χ2v) is 11.3. The zero-order chi connectivity index (χ0) is 17.3. The molecule has 0 aromatic heterocycles. The summed E-state index contributed by atoms with van der Waals surface area (Å²) in [6.07, 6.45) is 2.05. The van der Waals surface area contributed by atoms with Crippen molar-refractivity contribution in [2.45, 2.75) is 64.6 Å². The van der Waals surface area contributed by atoms with E-state index in [2.05, 4.69) is 46.0 Å². The Morgan fingerprint density at radius 3 is 2.52 bits per heavy atom. The highest BCUT2D eigenvalue weighted by Crippen LogP contribution is 2.34. The van der Waals surface area contributed by atoms with Gasteiger partial charge in [-0.2, -0.15) is 0 Å². The molecule has 3 nitrogen and oxygen atoms in total. The average molecular weight is 354 g/mol. The van der Waals surface area contributed by atoms with Crippen LogP contribution in [-0.4, -0.2) is 15.7 Å². The second kappa shape index (κ2) is 6.95. The fraction of sp³-hybridized carbons (Fsp3) is 0.611. The number of carbonyl (C=O) groups excluding carboxylic acids is 1. The first-order chi connectivity index (χ1) is 10.6. The molecule has 2 rings (SSSR count). The highest BCUT2D eigenvalue weighted by molar-refractivity contribution is 6.32. The number of hydrogen-bond acceptors (Lipinski definition) is 2. The Morgan fingerprint density at radius 1 is 1.30 bits per heavy atom. The van der Waals surface area contributed by atoms with Crippen LogP contribution in [0.2, 0.25) is 10.1 Å². The zero-order valence-corrected chi connectivity index (χ0v) is 17.0. The Kier molecular flexibility index (Phi) is 5.59. The summed E-state index contributed by atoms with van der Waals surface area (Å²) in [6, 6.07) is 5.93. The van der Waals surface area contributed by atoms with Crippen LogP contribution < -0.4 is 5.32 Å². The van der Waals surface area contributed by atoms with Gasteiger partial charge < -0.3 is 9.74 Å². The lowest BCUT2D eigenvalue weighted by molar-refractivity contribution is -0.122. The molecule has 0 unspecified atom stereocenters. The number of amides is 1. The Bertz CT molecular complexity index is 577. The van der Waals surface area contributed by atoms with E-state index < -0.39 is 15.4 Å². The topological polar surface area (TPSA) is 38.3 Å². The number of halogens is 1. The van der Waals surface area contributed by atoms with Crippen LogP contribution in [0.1, 0.15) is 58.6 Å². The fourth-order valence-corrected chi connectivity index (χ4v) is 3.59. The average Bonchev–Trinajstić information content (AvgIpc) is 3.28. The molecule has 0 bridgehead atoms. The first kappa shape index (κ1) is 18.5. The molecule has 1 amide bonds. The predicted molar refractivity (Wildman–Crippen MR) is 98.4 cm³/mol. The molecule has 128 valence electrons. The second-order valence-electron chi connectivity index (χ2n) is 8.17. The summed E-state index contributed by atoms with van der Waals surface area (Å²) in [7, 11) is -0.682. The third-order valence-corrected chi connectivity index (χ3v) is 6.02. The lowest BCUT2D eigenvalue weighted by Crippen LogP contribution is -2.28. The number of benzene rings is 1. The predicted octanol–water partition coefficient (Wildman–Crippen LogP) is 3.92. The van der Waals surface area contributed by atoms with Gasteiger partial charge in [-0.1, -0.05) is 38.4 Å². The van der Waals surface area contributed by atoms with Crippen LogP contribution in [0.15, 0.2) is 18.2 Å². The van der Waals surface area contributed by atoms with Gasteiger partial charge in [0.2, 0.25) is 5.91 Å². The highest BCUT2D eigenvalue weighted by atomic mass is 35.5. The molecule has 1 N–H and O–H groups in total. The molecule has 0 aliphatic heterocycles. The normalized spacial score (nSPS) is 16.1. The Labute approximate surface area is 147 Å². The Hall–Kier alpha value is -0.843. The van der Waals surface area contributed by atoms with Gasteiger partial charge >= 0.3 is 0 Å². The van der Waals surface area contributed by atoms with Crippen molar-refractivity contribution >= 4 is 27.3 Å². The highest BCUT2D eigenvalue weighted by Gasteiger charge is 2.30. The summed E-state index contributed by atoms with van der Waals surface area (Å²) in [4.78, 5) is 11.8. The molecule has 23 heavy (non-hydrogen) atoms. The minimum atomic E-state index is -0.682. The van der Waals surface area contributed by atoms with Crippen LogP contribution in [0.25, 0.3) is 0 Å². The molecule has 1 fully saturated rings. The first-order valence-electron chi connectivity index (χ1n) is 8.29. The molecule has 5 heteroatoms. The number of carbonyl (C=O) groups is 1. The lowest BCUT2D eigenvalue weighted by atomic mass is 9.96. The van der Waals surface area contributed by atoms with Crippen LogP contribution in [0, 0.1) is 5.92 Å². The Balaban J connectivity index is 2.07. The molecule has 0 heterocycles. The van der Waals surface area contributed by atoms with Gasteiger partial charge in [-0.05, 0) is 49.4 Å². The van der Waals surface area contributed by atoms with Crippen molar-refractivity contribution in [1.29, 1.82) is 0 Å². The van der Waals surface area contributed by atoms with E-state index in [0.29, 0.717) is 6.54 Å². The SMILES string of the molecule is CC(C)(C)[SiH2]OC(C)(C)c1cc(CNC(=O)C2CC2)ccc1Cl. The van der Waals surface area contributed by atoms with Crippen molar-refractivity contribution in [3.8, 4) is 0 Å². The molecule has 1 aliphatic carbocycles. The molecular formula is C18H28ClNO2Si. The van der Waals surface area contributed by atoms with Gasteiger partial charge in [0.15, 0.2) is 9.76 Å². The van der Waals surface area contributed by atoms with Crippen molar-refractivity contribution in [1.82, 2.24) is 5.32 Å². The maximum atomic E-state index is 11.8. The van der Waals surface area contributed by atoms with E-state index in [1.807, 2.05) is 12.1 Å². The molecule has 0 saturated heterocycles. The molecule has 1 aromatic rings. The molecule has 1 aromatic carbocycles. The van der Waals surface area contributed by atoms with Crippen LogP contribution in [0.4, 0.5) is 0 Å². The largest absolute Gasteiger partial charge is 0.414 e. The first-order valence-corrected chi connectivity index (χ1v) is 9.95. The molecular weight excluding hydrogens is 326 g/mol. The third-order valence-electron chi connectivity index (χ3n) is 3.96. The van der Waals surface area contributed by atoms with Crippen LogP contribution in [-0.2, 0) is 21.4 Å². The Morgan fingerprint density at radius 2 is 1.96 bits per heavy atom. The van der Waals surface area contributed by atoms with Gasteiger partial charge in [-0.15, -0.1) is 0 Å². The summed E-state index contributed by atoms with van der Waals surface area (Å²) in [5.41, 5.74) is 1.65. The molecule has 0 spiro atoms. The van der Waals surface area contributed by atoms with Crippen molar-refractivity contribution < 1.29 is 9.22 Å². The van der Waals surface area contributed by atoms with E-state index >= 15 is 0 Å². The molecule has 0 atom stereocenters. The summed E-state index contributed by atoms with van der Waals surface area (Å²) >= 11 is 6.40. The fourth-order valence-electron chi connectivity index (χ4n) is 2.30. The van der Waals surface area contributed by atoms with E-state index in [1.54, 1.807) is 0 Å². The quantitative estimate of drug-likeness (QED) is 0.787. The van der Waals surface area contributed by atoms with Gasteiger partial charge in [0.05, 0.1) is 5.60 Å².